The Balaban J connectivity index is 0.000000186. The van der Waals surface area contributed by atoms with E-state index < -0.39 is 13.3 Å². The van der Waals surface area contributed by atoms with Crippen molar-refractivity contribution < 1.29 is 24.5 Å². The first kappa shape index (κ1) is 32.6. The van der Waals surface area contributed by atoms with Crippen molar-refractivity contribution in [1.29, 1.82) is 0 Å². The minimum Gasteiger partial charge on any atom is -0.501 e. The average molecular weight is 826 g/mol. The smallest absolute Gasteiger partial charge is 0.121 e. The van der Waals surface area contributed by atoms with E-state index >= 15 is 0 Å². The first-order chi connectivity index (χ1) is 21.2. The summed E-state index contributed by atoms with van der Waals surface area (Å²) in [7, 11) is 0. The zero-order chi connectivity index (χ0) is 30.8. The number of fused-ring (bicyclic) bond motifs is 3. The number of furan rings is 1. The molecule has 3 heterocycles. The van der Waals surface area contributed by atoms with Crippen molar-refractivity contribution in [2.75, 3.05) is 0 Å². The van der Waals surface area contributed by atoms with Crippen molar-refractivity contribution in [3.8, 4) is 33.6 Å². The second-order valence-corrected chi connectivity index (χ2v) is 23.0. The molecule has 0 unspecified atom stereocenters. The molecule has 0 aliphatic heterocycles. The molecule has 3 aromatic heterocycles. The average Bonchev–Trinajstić information content (AvgIpc) is 3.40. The van der Waals surface area contributed by atoms with Gasteiger partial charge in [0.15, 0.2) is 0 Å². The van der Waals surface area contributed by atoms with Crippen LogP contribution in [0.1, 0.15) is 16.7 Å². The van der Waals surface area contributed by atoms with Gasteiger partial charge in [-0.15, -0.1) is 18.2 Å². The molecule has 7 aromatic rings. The van der Waals surface area contributed by atoms with Crippen molar-refractivity contribution in [2.45, 2.75) is 38.0 Å². The van der Waals surface area contributed by atoms with E-state index in [9.17, 15) is 0 Å². The second kappa shape index (κ2) is 13.7. The fraction of sp³-hybridized carbons (Fsp3) is 0.150. The molecule has 4 aromatic carbocycles. The largest absolute Gasteiger partial charge is 0.501 e. The van der Waals surface area contributed by atoms with E-state index in [0.717, 1.165) is 50.0 Å². The van der Waals surface area contributed by atoms with Crippen molar-refractivity contribution >= 4 is 39.6 Å². The van der Waals surface area contributed by atoms with E-state index in [1.54, 1.807) is 6.20 Å². The van der Waals surface area contributed by atoms with Crippen LogP contribution < -0.4 is 4.40 Å². The summed E-state index contributed by atoms with van der Waals surface area (Å²) in [4.78, 5) is 9.07. The summed E-state index contributed by atoms with van der Waals surface area (Å²) in [6.45, 7) is 6.38. The van der Waals surface area contributed by atoms with Gasteiger partial charge in [-0.3, -0.25) is 0 Å². The van der Waals surface area contributed by atoms with Crippen LogP contribution in [0.2, 0.25) is 17.3 Å². The summed E-state index contributed by atoms with van der Waals surface area (Å²) in [5.74, 6) is 7.21. The van der Waals surface area contributed by atoms with Gasteiger partial charge in [0, 0.05) is 31.7 Å². The summed E-state index contributed by atoms with van der Waals surface area (Å²) in [6, 6.07) is 39.8. The van der Waals surface area contributed by atoms with Gasteiger partial charge in [0.2, 0.25) is 0 Å². The van der Waals surface area contributed by atoms with Crippen molar-refractivity contribution in [3.05, 3.63) is 138 Å². The number of rotatable bonds is 4. The summed E-state index contributed by atoms with van der Waals surface area (Å²) in [6.07, 6.45) is 3.87. The zero-order valence-electron chi connectivity index (χ0n) is 26.5. The topological polar surface area (TPSA) is 38.9 Å². The fourth-order valence-corrected chi connectivity index (χ4v) is 9.10. The maximum absolute atomic E-state index is 6.25. The third-order valence-corrected chi connectivity index (χ3v) is 12.4. The Hall–Kier alpha value is -3.83. The maximum Gasteiger partial charge on any atom is 0.121 e. The molecule has 0 spiro atoms. The molecule has 0 saturated heterocycles. The minimum absolute atomic E-state index is 0. The molecule has 0 amide bonds. The number of nitrogens with zero attached hydrogens (tertiary/aromatic N) is 2. The van der Waals surface area contributed by atoms with Crippen LogP contribution in [0.25, 0.3) is 55.6 Å². The normalized spacial score (nSPS) is 11.2. The van der Waals surface area contributed by atoms with E-state index in [1.807, 2.05) is 30.3 Å². The van der Waals surface area contributed by atoms with Crippen LogP contribution >= 0.6 is 0 Å². The predicted molar refractivity (Wildman–Crippen MR) is 187 cm³/mol. The SMILES string of the molecule is Cc1c[c-]c(-c2cc(C)[c]([Ge]([CH3])([CH3])[CH3])cn2)cc1.Cc1ccc(-c2ccc3c(c2)oc2c(-c4ccccn4)[c-]ccc23)cc1.[Ir]. The molecular weight excluding hydrogens is 789 g/mol. The van der Waals surface area contributed by atoms with E-state index in [-0.39, 0.29) is 20.1 Å². The van der Waals surface area contributed by atoms with Crippen LogP contribution in [0.5, 0.6) is 0 Å². The van der Waals surface area contributed by atoms with Gasteiger partial charge in [0.25, 0.3) is 0 Å². The van der Waals surface area contributed by atoms with Gasteiger partial charge in [-0.25, -0.2) is 0 Å². The van der Waals surface area contributed by atoms with Gasteiger partial charge in [0.05, 0.1) is 5.58 Å². The van der Waals surface area contributed by atoms with E-state index in [0.29, 0.717) is 0 Å². The Morgan fingerprint density at radius 3 is 2.11 bits per heavy atom. The molecule has 1 radical (unpaired) electrons. The fourth-order valence-electron chi connectivity index (χ4n) is 5.52. The minimum atomic E-state index is -1.78. The molecule has 7 rings (SSSR count). The van der Waals surface area contributed by atoms with Gasteiger partial charge in [-0.2, -0.15) is 0 Å². The van der Waals surface area contributed by atoms with Crippen LogP contribution in [0.4, 0.5) is 0 Å². The Bertz CT molecular complexity index is 2060. The number of aromatic nitrogens is 2. The summed E-state index contributed by atoms with van der Waals surface area (Å²) in [5.41, 5.74) is 11.8. The van der Waals surface area contributed by atoms with Crippen molar-refractivity contribution in [2.24, 2.45) is 0 Å². The van der Waals surface area contributed by atoms with Crippen LogP contribution in [-0.4, -0.2) is 23.2 Å². The molecule has 5 heteroatoms. The molecule has 0 bridgehead atoms. The van der Waals surface area contributed by atoms with Crippen LogP contribution in [0, 0.1) is 32.9 Å². The zero-order valence-corrected chi connectivity index (χ0v) is 31.0. The van der Waals surface area contributed by atoms with Crippen molar-refractivity contribution in [3.63, 3.8) is 0 Å². The first-order valence-corrected chi connectivity index (χ1v) is 22.3. The first-order valence-electron chi connectivity index (χ1n) is 15.0. The third-order valence-electron chi connectivity index (χ3n) is 7.90. The summed E-state index contributed by atoms with van der Waals surface area (Å²) >= 11 is -1.78. The number of hydrogen-bond donors (Lipinski definition) is 0. The molecule has 227 valence electrons. The van der Waals surface area contributed by atoms with Crippen molar-refractivity contribution in [1.82, 2.24) is 9.97 Å². The molecule has 0 N–H and O–H groups in total. The Labute approximate surface area is 282 Å². The van der Waals surface area contributed by atoms with Gasteiger partial charge in [-0.05, 0) is 35.9 Å². The molecule has 0 fully saturated rings. The third kappa shape index (κ3) is 7.20. The molecule has 3 nitrogen and oxygen atoms in total. The standard InChI is InChI=1S/C24H16NO.C16H20GeN.Ir/c1-16-8-10-17(11-9-16)18-12-13-19-20-5-4-6-21(22-7-2-3-14-25-22)24(20)26-23(19)15-18;1-12-6-8-14(9-7-12)16-10-13(2)15(11-18-16)17(3,4)5;/h2-5,7-15H,1H3;6-8,10-11H,1-5H3;/q2*-1;. The molecule has 0 aliphatic rings. The van der Waals surface area contributed by atoms with Crippen LogP contribution in [-0.2, 0) is 20.1 Å². The maximum atomic E-state index is 6.25. The van der Waals surface area contributed by atoms with E-state index in [2.05, 4.69) is 133 Å². The van der Waals surface area contributed by atoms with Gasteiger partial charge in [-0.1, -0.05) is 65.0 Å². The van der Waals surface area contributed by atoms with Gasteiger partial charge >= 0.3 is 113 Å². The van der Waals surface area contributed by atoms with Crippen LogP contribution in [0.15, 0.2) is 114 Å². The Morgan fingerprint density at radius 1 is 0.689 bits per heavy atom. The molecule has 45 heavy (non-hydrogen) atoms. The monoisotopic (exact) mass is 827 g/mol. The summed E-state index contributed by atoms with van der Waals surface area (Å²) in [5, 5.41) is 2.21. The number of aryl methyl sites for hydroxylation is 3. The molecule has 0 aliphatic carbocycles. The quantitative estimate of drug-likeness (QED) is 0.131. The second-order valence-electron chi connectivity index (χ2n) is 12.4. The molecule has 0 saturated carbocycles. The number of benzene rings is 4. The molecule has 0 atom stereocenters. The molecular formula is C40H36GeIrN2O-2. The predicted octanol–water partition coefficient (Wildman–Crippen LogP) is 10.1. The van der Waals surface area contributed by atoms with E-state index in [1.165, 1.54) is 26.6 Å². The Kier molecular flexibility index (Phi) is 9.89. The van der Waals surface area contributed by atoms with E-state index in [4.69, 9.17) is 4.42 Å². The number of pyridine rings is 2. The number of hydrogen-bond acceptors (Lipinski definition) is 3. The Morgan fingerprint density at radius 2 is 1.44 bits per heavy atom. The van der Waals surface area contributed by atoms with Crippen LogP contribution in [0.3, 0.4) is 0 Å². The summed E-state index contributed by atoms with van der Waals surface area (Å²) < 4.78 is 7.74. The van der Waals surface area contributed by atoms with Gasteiger partial charge < -0.3 is 9.40 Å². The van der Waals surface area contributed by atoms with Gasteiger partial charge in [0.1, 0.15) is 5.58 Å².